The molecule has 0 bridgehead atoms. The molecule has 1 aliphatic heterocycles. The normalized spacial score (nSPS) is 18.6. The number of sulfonamides is 1. The van der Waals surface area contributed by atoms with Gasteiger partial charge in [-0.05, 0) is 72.9 Å². The Kier molecular flexibility index (Phi) is 9.31. The van der Waals surface area contributed by atoms with E-state index in [2.05, 4.69) is 10.0 Å². The minimum atomic E-state index is -4.49. The van der Waals surface area contributed by atoms with Crippen molar-refractivity contribution in [1.82, 2.24) is 4.72 Å². The van der Waals surface area contributed by atoms with E-state index < -0.39 is 33.5 Å². The quantitative estimate of drug-likeness (QED) is 0.294. The maximum atomic E-state index is 13.0. The van der Waals surface area contributed by atoms with Gasteiger partial charge in [-0.25, -0.2) is 8.42 Å². The van der Waals surface area contributed by atoms with E-state index in [0.29, 0.717) is 22.6 Å². The molecule has 2 N–H and O–H groups in total. The molecule has 228 valence electrons. The number of halogens is 6. The first-order valence-electron chi connectivity index (χ1n) is 13.1. The zero-order valence-electron chi connectivity index (χ0n) is 22.8. The van der Waals surface area contributed by atoms with Crippen LogP contribution in [0.4, 0.5) is 32.0 Å². The van der Waals surface area contributed by atoms with Crippen molar-refractivity contribution in [3.8, 4) is 22.6 Å². The monoisotopic (exact) mass is 616 g/mol. The van der Waals surface area contributed by atoms with E-state index in [1.165, 1.54) is 44.9 Å². The lowest BCUT2D eigenvalue weighted by Crippen LogP contribution is -2.49. The number of hydrogen-bond donors (Lipinski definition) is 2. The molecule has 1 fully saturated rings. The highest BCUT2D eigenvalue weighted by atomic mass is 32.2. The summed E-state index contributed by atoms with van der Waals surface area (Å²) in [7, 11) is -1.07. The molecule has 13 heteroatoms. The third-order valence-electron chi connectivity index (χ3n) is 7.24. The molecule has 3 aromatic carbocycles. The van der Waals surface area contributed by atoms with Crippen LogP contribution in [0.1, 0.15) is 43.2 Å². The van der Waals surface area contributed by atoms with E-state index in [4.69, 9.17) is 9.47 Å². The lowest BCUT2D eigenvalue weighted by Gasteiger charge is -2.35. The van der Waals surface area contributed by atoms with Crippen LogP contribution in [0.2, 0.25) is 0 Å². The van der Waals surface area contributed by atoms with E-state index in [0.717, 1.165) is 49.9 Å². The number of rotatable bonds is 4. The van der Waals surface area contributed by atoms with Gasteiger partial charge in [-0.15, -0.1) is 0 Å². The van der Waals surface area contributed by atoms with Crippen LogP contribution in [0.15, 0.2) is 65.6 Å². The fraction of sp³-hybridized carbons (Fsp3) is 0.379. The third-order valence-corrected chi connectivity index (χ3v) is 8.72. The van der Waals surface area contributed by atoms with Crippen molar-refractivity contribution in [2.45, 2.75) is 55.5 Å². The molecule has 2 aliphatic rings. The second kappa shape index (κ2) is 12.4. The molecule has 3 aromatic rings. The Morgan fingerprint density at radius 3 is 1.95 bits per heavy atom. The van der Waals surface area contributed by atoms with Crippen molar-refractivity contribution in [1.29, 1.82) is 0 Å². The van der Waals surface area contributed by atoms with Gasteiger partial charge in [0.05, 0.1) is 37.2 Å². The van der Waals surface area contributed by atoms with Gasteiger partial charge < -0.3 is 14.8 Å². The van der Waals surface area contributed by atoms with Crippen LogP contribution < -0.4 is 19.5 Å². The van der Waals surface area contributed by atoms with Crippen molar-refractivity contribution in [2.24, 2.45) is 5.92 Å². The summed E-state index contributed by atoms with van der Waals surface area (Å²) in [6, 6.07) is 12.5. The summed E-state index contributed by atoms with van der Waals surface area (Å²) >= 11 is 0. The Bertz CT molecular complexity index is 1490. The van der Waals surface area contributed by atoms with Crippen molar-refractivity contribution >= 4 is 15.7 Å². The van der Waals surface area contributed by atoms with Gasteiger partial charge in [-0.2, -0.15) is 31.1 Å². The van der Waals surface area contributed by atoms with Gasteiger partial charge in [0.1, 0.15) is 16.4 Å². The molecule has 42 heavy (non-hydrogen) atoms. The van der Waals surface area contributed by atoms with Gasteiger partial charge in [0.15, 0.2) is 0 Å². The first-order valence-corrected chi connectivity index (χ1v) is 14.6. The summed E-state index contributed by atoms with van der Waals surface area (Å²) in [4.78, 5) is 0.0778. The Morgan fingerprint density at radius 1 is 0.762 bits per heavy atom. The van der Waals surface area contributed by atoms with Gasteiger partial charge in [0.2, 0.25) is 10.0 Å². The molecule has 1 heterocycles. The number of hydrogen-bond acceptors (Lipinski definition) is 5. The Morgan fingerprint density at radius 2 is 1.38 bits per heavy atom. The number of anilines is 1. The molecular formula is C29H30F6N2O4S. The highest BCUT2D eigenvalue weighted by molar-refractivity contribution is 7.89. The molecule has 5 rings (SSSR count). The highest BCUT2D eigenvalue weighted by Gasteiger charge is 2.35. The van der Waals surface area contributed by atoms with Crippen LogP contribution >= 0.6 is 0 Å². The molecular weight excluding hydrogens is 586 g/mol. The molecule has 1 unspecified atom stereocenters. The van der Waals surface area contributed by atoms with Crippen LogP contribution in [0.25, 0.3) is 11.1 Å². The standard InChI is InChI=1S/C21H23F3N2O3S.C8H7F3O/c1-29-18-12-15(21(22,23)24)8-9-16(18)14-7-10-17-19(11-14)30(27,28)26-20(25-17)13-5-3-2-4-6-13;1-12-7-4-2-6(3-5-7)8(9,10)11/h7-13,20,25-26H,2-6H2,1H3;2-5H,1H3. The minimum Gasteiger partial charge on any atom is -0.497 e. The molecule has 0 aromatic heterocycles. The lowest BCUT2D eigenvalue weighted by atomic mass is 9.87. The van der Waals surface area contributed by atoms with Crippen molar-refractivity contribution in [2.75, 3.05) is 19.5 Å². The third kappa shape index (κ3) is 7.30. The highest BCUT2D eigenvalue weighted by Crippen LogP contribution is 2.40. The fourth-order valence-electron chi connectivity index (χ4n) is 5.03. The molecule has 6 nitrogen and oxygen atoms in total. The summed E-state index contributed by atoms with van der Waals surface area (Å²) in [5, 5.41) is 3.29. The summed E-state index contributed by atoms with van der Waals surface area (Å²) in [6.45, 7) is 0. The van der Waals surface area contributed by atoms with Crippen molar-refractivity contribution < 1.29 is 44.2 Å². The molecule has 0 saturated heterocycles. The predicted molar refractivity (Wildman–Crippen MR) is 146 cm³/mol. The first kappa shape index (κ1) is 31.5. The largest absolute Gasteiger partial charge is 0.497 e. The van der Waals surface area contributed by atoms with E-state index in [9.17, 15) is 34.8 Å². The number of alkyl halides is 6. The zero-order chi connectivity index (χ0) is 30.7. The van der Waals surface area contributed by atoms with Gasteiger partial charge in [-0.3, -0.25) is 0 Å². The molecule has 0 amide bonds. The van der Waals surface area contributed by atoms with Crippen LogP contribution in [-0.4, -0.2) is 28.8 Å². The number of methoxy groups -OCH3 is 2. The molecule has 1 aliphatic carbocycles. The topological polar surface area (TPSA) is 76.7 Å². The van der Waals surface area contributed by atoms with E-state index >= 15 is 0 Å². The summed E-state index contributed by atoms with van der Waals surface area (Å²) in [5.74, 6) is 0.679. The average molecular weight is 617 g/mol. The smallest absolute Gasteiger partial charge is 0.416 e. The van der Waals surface area contributed by atoms with Crippen LogP contribution in [0.3, 0.4) is 0 Å². The molecule has 0 radical (unpaired) electrons. The van der Waals surface area contributed by atoms with Gasteiger partial charge in [0, 0.05) is 5.56 Å². The Hall–Kier alpha value is -3.45. The summed E-state index contributed by atoms with van der Waals surface area (Å²) in [6.07, 6.45) is -3.83. The second-order valence-corrected chi connectivity index (χ2v) is 11.7. The van der Waals surface area contributed by atoms with Crippen LogP contribution in [0.5, 0.6) is 11.5 Å². The number of ether oxygens (including phenoxy) is 2. The maximum Gasteiger partial charge on any atom is 0.416 e. The SMILES string of the molecule is COc1cc(C(F)(F)F)ccc1-c1ccc2c(c1)S(=O)(=O)NC(C1CCCCC1)N2.COc1ccc(C(F)(F)F)cc1. The Labute approximate surface area is 240 Å². The zero-order valence-corrected chi connectivity index (χ0v) is 23.6. The summed E-state index contributed by atoms with van der Waals surface area (Å²) < 4.78 is 113. The average Bonchev–Trinajstić information content (AvgIpc) is 2.96. The number of benzene rings is 3. The fourth-order valence-corrected chi connectivity index (χ4v) is 6.44. The van der Waals surface area contributed by atoms with Crippen molar-refractivity contribution in [3.63, 3.8) is 0 Å². The van der Waals surface area contributed by atoms with Crippen molar-refractivity contribution in [3.05, 3.63) is 71.8 Å². The van der Waals surface area contributed by atoms with Gasteiger partial charge in [0.25, 0.3) is 0 Å². The van der Waals surface area contributed by atoms with Gasteiger partial charge >= 0.3 is 12.4 Å². The first-order chi connectivity index (χ1) is 19.7. The van der Waals surface area contributed by atoms with E-state index in [-0.39, 0.29) is 22.7 Å². The molecule has 0 spiro atoms. The number of nitrogens with one attached hydrogen (secondary N) is 2. The maximum absolute atomic E-state index is 13.0. The van der Waals surface area contributed by atoms with Crippen LogP contribution in [0, 0.1) is 5.92 Å². The molecule has 1 saturated carbocycles. The van der Waals surface area contributed by atoms with Gasteiger partial charge in [-0.1, -0.05) is 31.4 Å². The summed E-state index contributed by atoms with van der Waals surface area (Å²) in [5.41, 5.74) is -0.143. The lowest BCUT2D eigenvalue weighted by molar-refractivity contribution is -0.138. The van der Waals surface area contributed by atoms with E-state index in [1.54, 1.807) is 12.1 Å². The molecule has 1 atom stereocenters. The number of fused-ring (bicyclic) bond motifs is 1. The predicted octanol–water partition coefficient (Wildman–Crippen LogP) is 7.71. The minimum absolute atomic E-state index is 0.0268. The second-order valence-electron chi connectivity index (χ2n) is 9.99. The van der Waals surface area contributed by atoms with E-state index in [1.807, 2.05) is 0 Å². The van der Waals surface area contributed by atoms with Crippen LogP contribution in [-0.2, 0) is 22.4 Å². The Balaban J connectivity index is 0.000000283.